The number of hydrogen-bond donors (Lipinski definition) is 1. The maximum Gasteiger partial charge on any atom is 0.458 e. The Morgan fingerprint density at radius 1 is 1.14 bits per heavy atom. The maximum atomic E-state index is 13.6. The highest BCUT2D eigenvalue weighted by atomic mass is 19.4. The summed E-state index contributed by atoms with van der Waals surface area (Å²) < 4.78 is 68.7. The number of aromatic nitrogens is 3. The lowest BCUT2D eigenvalue weighted by Crippen LogP contribution is -2.67. The van der Waals surface area contributed by atoms with E-state index in [2.05, 4.69) is 10.4 Å². The molecule has 1 aromatic carbocycles. The van der Waals surface area contributed by atoms with Gasteiger partial charge in [-0.2, -0.15) is 27.1 Å². The molecule has 0 atom stereocenters. The topological polar surface area (TPSA) is 74.9 Å². The van der Waals surface area contributed by atoms with Crippen molar-refractivity contribution in [1.29, 1.82) is 0 Å². The minimum atomic E-state index is -5.74. The van der Waals surface area contributed by atoms with E-state index in [1.165, 1.54) is 11.0 Å². The Bertz CT molecular complexity index is 1330. The van der Waals surface area contributed by atoms with Gasteiger partial charge < -0.3 is 19.7 Å². The Morgan fingerprint density at radius 3 is 2.50 bits per heavy atom. The van der Waals surface area contributed by atoms with E-state index in [-0.39, 0.29) is 23.1 Å². The van der Waals surface area contributed by atoms with Crippen molar-refractivity contribution in [3.8, 4) is 0 Å². The number of fused-ring (bicyclic) bond motifs is 1. The number of imidazole rings is 1. The highest BCUT2D eigenvalue weighted by Crippen LogP contribution is 2.50. The van der Waals surface area contributed by atoms with Crippen LogP contribution in [0.1, 0.15) is 28.8 Å². The summed E-state index contributed by atoms with van der Waals surface area (Å²) in [5.41, 5.74) is -0.271. The van der Waals surface area contributed by atoms with E-state index < -0.39 is 23.7 Å². The van der Waals surface area contributed by atoms with E-state index in [0.29, 0.717) is 49.3 Å². The SMILES string of the molecule is CN(C(=O)Nc1cccc(C(F)(F)C(F)(F)F)c1)C1CC2(C1)CN(C(=O)c1cnn3ccn(C)c13)C2. The van der Waals surface area contributed by atoms with E-state index in [1.54, 1.807) is 28.9 Å². The summed E-state index contributed by atoms with van der Waals surface area (Å²) in [7, 11) is 3.38. The van der Waals surface area contributed by atoms with Gasteiger partial charge in [-0.15, -0.1) is 0 Å². The van der Waals surface area contributed by atoms with Crippen LogP contribution in [-0.4, -0.2) is 68.3 Å². The average molecular weight is 510 g/mol. The molecule has 3 amide bonds. The lowest BCUT2D eigenvalue weighted by molar-refractivity contribution is -0.289. The third-order valence-electron chi connectivity index (χ3n) is 7.14. The zero-order chi connectivity index (χ0) is 26.0. The molecule has 36 heavy (non-hydrogen) atoms. The second-order valence-electron chi connectivity index (χ2n) is 9.65. The average Bonchev–Trinajstić information content (AvgIpc) is 3.34. The smallest absolute Gasteiger partial charge is 0.337 e. The lowest BCUT2D eigenvalue weighted by atomic mass is 9.60. The van der Waals surface area contributed by atoms with E-state index in [9.17, 15) is 31.5 Å². The van der Waals surface area contributed by atoms with Gasteiger partial charge in [-0.25, -0.2) is 9.31 Å². The predicted octanol–water partition coefficient (Wildman–Crippen LogP) is 4.10. The zero-order valence-electron chi connectivity index (χ0n) is 19.4. The van der Waals surface area contributed by atoms with Crippen LogP contribution in [0.25, 0.3) is 5.65 Å². The molecule has 1 saturated carbocycles. The molecular formula is C23H23F5N6O2. The summed E-state index contributed by atoms with van der Waals surface area (Å²) in [6.07, 6.45) is 0.687. The van der Waals surface area contributed by atoms with Gasteiger partial charge in [0.25, 0.3) is 5.91 Å². The molecule has 1 N–H and O–H groups in total. The summed E-state index contributed by atoms with van der Waals surface area (Å²) in [4.78, 5) is 28.7. The minimum Gasteiger partial charge on any atom is -0.337 e. The fourth-order valence-corrected chi connectivity index (χ4v) is 5.08. The summed E-state index contributed by atoms with van der Waals surface area (Å²) in [6.45, 7) is 1.10. The Labute approximate surface area is 202 Å². The van der Waals surface area contributed by atoms with E-state index in [0.717, 1.165) is 6.07 Å². The zero-order valence-corrected chi connectivity index (χ0v) is 19.4. The number of anilines is 1. The van der Waals surface area contributed by atoms with Crippen LogP contribution >= 0.6 is 0 Å². The van der Waals surface area contributed by atoms with Gasteiger partial charge in [0.1, 0.15) is 11.2 Å². The van der Waals surface area contributed by atoms with Gasteiger partial charge in [0, 0.05) is 62.3 Å². The van der Waals surface area contributed by atoms with Crippen LogP contribution in [-0.2, 0) is 13.0 Å². The van der Waals surface area contributed by atoms with Gasteiger partial charge in [0.15, 0.2) is 0 Å². The number of likely N-dealkylation sites (tertiary alicyclic amines) is 1. The first-order valence-electron chi connectivity index (χ1n) is 11.2. The highest BCUT2D eigenvalue weighted by Gasteiger charge is 2.59. The minimum absolute atomic E-state index is 0.0932. The molecule has 3 aromatic rings. The van der Waals surface area contributed by atoms with Crippen LogP contribution in [0.2, 0.25) is 0 Å². The van der Waals surface area contributed by atoms with Gasteiger partial charge in [-0.05, 0) is 25.0 Å². The molecule has 2 aliphatic rings. The van der Waals surface area contributed by atoms with Crippen LogP contribution in [0.5, 0.6) is 0 Å². The van der Waals surface area contributed by atoms with Gasteiger partial charge in [0.2, 0.25) is 0 Å². The number of carbonyl (C=O) groups excluding carboxylic acids is 2. The van der Waals surface area contributed by atoms with E-state index in [1.807, 2.05) is 17.8 Å². The fraction of sp³-hybridized carbons (Fsp3) is 0.435. The largest absolute Gasteiger partial charge is 0.458 e. The fourth-order valence-electron chi connectivity index (χ4n) is 5.08. The standard InChI is InChI=1S/C23H23F5N6O2/c1-31-6-7-34-18(31)17(11-29-34)19(35)33-12-21(13-33)9-16(10-21)32(2)20(36)30-15-5-3-4-14(8-15)22(24,25)23(26,27)28/h3-8,11,16H,9-10,12-13H2,1-2H3,(H,30,36). The number of urea groups is 1. The van der Waals surface area contributed by atoms with Crippen molar-refractivity contribution in [3.05, 3.63) is 54.0 Å². The number of amides is 3. The van der Waals surface area contributed by atoms with Crippen LogP contribution in [0.3, 0.4) is 0 Å². The van der Waals surface area contributed by atoms with Crippen molar-refractivity contribution in [2.24, 2.45) is 12.5 Å². The summed E-state index contributed by atoms with van der Waals surface area (Å²) in [6, 6.07) is 2.82. The Kier molecular flexibility index (Phi) is 5.31. The van der Waals surface area contributed by atoms with Crippen molar-refractivity contribution in [3.63, 3.8) is 0 Å². The number of nitrogens with zero attached hydrogens (tertiary/aromatic N) is 5. The number of halogens is 5. The molecule has 0 unspecified atom stereocenters. The third kappa shape index (κ3) is 3.77. The number of benzene rings is 1. The molecule has 192 valence electrons. The monoisotopic (exact) mass is 510 g/mol. The molecule has 1 aliphatic carbocycles. The number of carbonyl (C=O) groups is 2. The number of nitrogens with one attached hydrogen (secondary N) is 1. The molecule has 1 saturated heterocycles. The molecule has 0 bridgehead atoms. The summed E-state index contributed by atoms with van der Waals surface area (Å²) in [5, 5.41) is 6.59. The van der Waals surface area contributed by atoms with Crippen LogP contribution < -0.4 is 5.32 Å². The molecule has 2 fully saturated rings. The molecule has 8 nitrogen and oxygen atoms in total. The molecule has 13 heteroatoms. The number of rotatable bonds is 4. The van der Waals surface area contributed by atoms with Crippen molar-refractivity contribution >= 4 is 23.3 Å². The Hall–Kier alpha value is -3.64. The first-order valence-corrected chi connectivity index (χ1v) is 11.2. The highest BCUT2D eigenvalue weighted by molar-refractivity contribution is 6.00. The quantitative estimate of drug-likeness (QED) is 0.538. The second kappa shape index (κ2) is 7.93. The molecule has 3 heterocycles. The van der Waals surface area contributed by atoms with Crippen molar-refractivity contribution in [2.75, 3.05) is 25.5 Å². The first kappa shape index (κ1) is 24.1. The number of alkyl halides is 5. The normalized spacial score (nSPS) is 17.7. The molecule has 1 aliphatic heterocycles. The third-order valence-corrected chi connectivity index (χ3v) is 7.14. The number of hydrogen-bond acceptors (Lipinski definition) is 3. The second-order valence-corrected chi connectivity index (χ2v) is 9.65. The lowest BCUT2D eigenvalue weighted by Gasteiger charge is -2.60. The van der Waals surface area contributed by atoms with E-state index in [4.69, 9.17) is 0 Å². The van der Waals surface area contributed by atoms with Crippen molar-refractivity contribution in [2.45, 2.75) is 31.0 Å². The van der Waals surface area contributed by atoms with Crippen LogP contribution in [0, 0.1) is 5.41 Å². The van der Waals surface area contributed by atoms with Gasteiger partial charge in [0.05, 0.1) is 6.20 Å². The summed E-state index contributed by atoms with van der Waals surface area (Å²) in [5.74, 6) is -5.14. The summed E-state index contributed by atoms with van der Waals surface area (Å²) >= 11 is 0. The maximum absolute atomic E-state index is 13.6. The van der Waals surface area contributed by atoms with Crippen molar-refractivity contribution < 1.29 is 31.5 Å². The molecule has 1 spiro atoms. The van der Waals surface area contributed by atoms with Gasteiger partial charge in [-0.1, -0.05) is 12.1 Å². The number of aryl methyl sites for hydroxylation is 1. The molecular weight excluding hydrogens is 487 g/mol. The first-order chi connectivity index (χ1) is 16.8. The Balaban J connectivity index is 1.16. The Morgan fingerprint density at radius 2 is 1.83 bits per heavy atom. The van der Waals surface area contributed by atoms with E-state index >= 15 is 0 Å². The van der Waals surface area contributed by atoms with Crippen LogP contribution in [0.4, 0.5) is 32.4 Å². The van der Waals surface area contributed by atoms with Crippen LogP contribution in [0.15, 0.2) is 42.9 Å². The molecule has 0 radical (unpaired) electrons. The van der Waals surface area contributed by atoms with Gasteiger partial charge in [-0.3, -0.25) is 4.79 Å². The molecule has 5 rings (SSSR count). The molecule has 2 aromatic heterocycles. The van der Waals surface area contributed by atoms with Gasteiger partial charge >= 0.3 is 18.1 Å². The predicted molar refractivity (Wildman–Crippen MR) is 119 cm³/mol. The van der Waals surface area contributed by atoms with Crippen molar-refractivity contribution in [1.82, 2.24) is 24.0 Å².